The molecule has 2 aromatic rings. The predicted octanol–water partition coefficient (Wildman–Crippen LogP) is 0.372. The molecular formula is C12H11N5O2. The molecule has 2 N–H and O–H groups in total. The zero-order valence-electron chi connectivity index (χ0n) is 9.96. The average Bonchev–Trinajstić information content (AvgIpc) is 2.96. The summed E-state index contributed by atoms with van der Waals surface area (Å²) in [6.45, 7) is 0.0922. The largest absolute Gasteiger partial charge is 0.482 e. The number of benzene rings is 1. The van der Waals surface area contributed by atoms with Gasteiger partial charge in [0.25, 0.3) is 5.91 Å². The van der Waals surface area contributed by atoms with E-state index in [0.717, 1.165) is 0 Å². The minimum absolute atomic E-state index is 0.160. The Labute approximate surface area is 109 Å². The SMILES string of the molecule is N#Cc1ccccc1OCC(=O)NCc1ncn[nH]1. The highest BCUT2D eigenvalue weighted by molar-refractivity contribution is 5.77. The van der Waals surface area contributed by atoms with E-state index in [1.54, 1.807) is 24.3 Å². The van der Waals surface area contributed by atoms with Gasteiger partial charge in [-0.25, -0.2) is 4.98 Å². The van der Waals surface area contributed by atoms with Gasteiger partial charge in [0.05, 0.1) is 12.1 Å². The van der Waals surface area contributed by atoms with E-state index in [1.807, 2.05) is 6.07 Å². The summed E-state index contributed by atoms with van der Waals surface area (Å²) in [7, 11) is 0. The van der Waals surface area contributed by atoms with Gasteiger partial charge in [0, 0.05) is 0 Å². The summed E-state index contributed by atoms with van der Waals surface area (Å²) in [6.07, 6.45) is 1.36. The third-order valence-corrected chi connectivity index (χ3v) is 2.28. The van der Waals surface area contributed by atoms with Crippen molar-refractivity contribution in [3.8, 4) is 11.8 Å². The monoisotopic (exact) mass is 257 g/mol. The number of aromatic amines is 1. The van der Waals surface area contributed by atoms with Gasteiger partial charge in [-0.05, 0) is 12.1 Å². The van der Waals surface area contributed by atoms with Crippen molar-refractivity contribution < 1.29 is 9.53 Å². The van der Waals surface area contributed by atoms with E-state index in [1.165, 1.54) is 6.33 Å². The van der Waals surface area contributed by atoms with Gasteiger partial charge in [-0.1, -0.05) is 12.1 Å². The van der Waals surface area contributed by atoms with E-state index in [9.17, 15) is 4.79 Å². The summed E-state index contributed by atoms with van der Waals surface area (Å²) in [6, 6.07) is 8.73. The van der Waals surface area contributed by atoms with Crippen LogP contribution in [0.2, 0.25) is 0 Å². The number of rotatable bonds is 5. The maximum Gasteiger partial charge on any atom is 0.258 e. The Kier molecular flexibility index (Phi) is 4.08. The molecule has 0 radical (unpaired) electrons. The molecule has 0 aliphatic heterocycles. The Morgan fingerprint density at radius 2 is 2.32 bits per heavy atom. The van der Waals surface area contributed by atoms with Crippen LogP contribution in [0.3, 0.4) is 0 Å². The lowest BCUT2D eigenvalue weighted by molar-refractivity contribution is -0.123. The molecule has 7 nitrogen and oxygen atoms in total. The first-order chi connectivity index (χ1) is 9.29. The highest BCUT2D eigenvalue weighted by Crippen LogP contribution is 2.15. The van der Waals surface area contributed by atoms with Crippen LogP contribution in [0.5, 0.6) is 5.75 Å². The minimum atomic E-state index is -0.302. The molecule has 0 spiro atoms. The van der Waals surface area contributed by atoms with Crippen molar-refractivity contribution in [3.63, 3.8) is 0 Å². The number of aromatic nitrogens is 3. The molecule has 0 aliphatic rings. The maximum atomic E-state index is 11.5. The standard InChI is InChI=1S/C12H11N5O2/c13-5-9-3-1-2-4-10(9)19-7-12(18)14-6-11-15-8-16-17-11/h1-4,8H,6-7H2,(H,14,18)(H,15,16,17). The molecule has 1 aromatic carbocycles. The third kappa shape index (κ3) is 3.54. The van der Waals surface area contributed by atoms with E-state index in [-0.39, 0.29) is 19.1 Å². The van der Waals surface area contributed by atoms with Crippen molar-refractivity contribution in [2.24, 2.45) is 0 Å². The number of nitrogens with one attached hydrogen (secondary N) is 2. The highest BCUT2D eigenvalue weighted by atomic mass is 16.5. The number of H-pyrrole nitrogens is 1. The van der Waals surface area contributed by atoms with Crippen molar-refractivity contribution >= 4 is 5.91 Å². The number of carbonyl (C=O) groups excluding carboxylic acids is 1. The number of nitriles is 1. The molecule has 0 aliphatic carbocycles. The molecule has 0 saturated heterocycles. The molecule has 19 heavy (non-hydrogen) atoms. The lowest BCUT2D eigenvalue weighted by Gasteiger charge is -2.07. The lowest BCUT2D eigenvalue weighted by atomic mass is 10.2. The summed E-state index contributed by atoms with van der Waals surface area (Å²) in [5.74, 6) is 0.648. The molecule has 0 unspecified atom stereocenters. The summed E-state index contributed by atoms with van der Waals surface area (Å²) in [4.78, 5) is 15.4. The van der Waals surface area contributed by atoms with Crippen LogP contribution in [0.25, 0.3) is 0 Å². The van der Waals surface area contributed by atoms with Crippen molar-refractivity contribution in [3.05, 3.63) is 42.0 Å². The second-order valence-corrected chi connectivity index (χ2v) is 3.61. The van der Waals surface area contributed by atoms with Crippen LogP contribution in [-0.2, 0) is 11.3 Å². The maximum absolute atomic E-state index is 11.5. The third-order valence-electron chi connectivity index (χ3n) is 2.28. The fourth-order valence-corrected chi connectivity index (χ4v) is 1.38. The summed E-state index contributed by atoms with van der Waals surface area (Å²) >= 11 is 0. The van der Waals surface area contributed by atoms with Crippen molar-refractivity contribution in [1.82, 2.24) is 20.5 Å². The number of hydrogen-bond acceptors (Lipinski definition) is 5. The van der Waals surface area contributed by atoms with E-state index in [0.29, 0.717) is 17.1 Å². The molecule has 1 amide bonds. The fraction of sp³-hybridized carbons (Fsp3) is 0.167. The molecule has 1 aromatic heterocycles. The van der Waals surface area contributed by atoms with E-state index in [4.69, 9.17) is 10.00 Å². The Hall–Kier alpha value is -2.88. The average molecular weight is 257 g/mol. The molecule has 7 heteroatoms. The molecule has 96 valence electrons. The molecule has 0 saturated carbocycles. The molecule has 0 fully saturated rings. The quantitative estimate of drug-likeness (QED) is 0.805. The first-order valence-electron chi connectivity index (χ1n) is 5.52. The zero-order chi connectivity index (χ0) is 13.5. The first-order valence-corrected chi connectivity index (χ1v) is 5.52. The van der Waals surface area contributed by atoms with Crippen LogP contribution < -0.4 is 10.1 Å². The van der Waals surface area contributed by atoms with Crippen molar-refractivity contribution in [2.75, 3.05) is 6.61 Å². The molecular weight excluding hydrogens is 246 g/mol. The predicted molar refractivity (Wildman–Crippen MR) is 64.9 cm³/mol. The molecule has 2 rings (SSSR count). The number of hydrogen-bond donors (Lipinski definition) is 2. The van der Waals surface area contributed by atoms with Crippen LogP contribution in [0, 0.1) is 11.3 Å². The van der Waals surface area contributed by atoms with Gasteiger partial charge in [0.1, 0.15) is 24.0 Å². The molecule has 0 bridgehead atoms. The molecule has 1 heterocycles. The van der Waals surface area contributed by atoms with Gasteiger partial charge in [-0.3, -0.25) is 9.89 Å². The summed E-state index contributed by atoms with van der Waals surface area (Å²) in [5.41, 5.74) is 0.394. The van der Waals surface area contributed by atoms with Crippen LogP contribution in [0.4, 0.5) is 0 Å². The van der Waals surface area contributed by atoms with Gasteiger partial charge in [-0.15, -0.1) is 0 Å². The smallest absolute Gasteiger partial charge is 0.258 e. The number of ether oxygens (including phenoxy) is 1. The number of para-hydroxylation sites is 1. The Balaban J connectivity index is 1.82. The minimum Gasteiger partial charge on any atom is -0.482 e. The van der Waals surface area contributed by atoms with Gasteiger partial charge in [-0.2, -0.15) is 10.4 Å². The molecule has 0 atom stereocenters. The Bertz CT molecular complexity index is 588. The topological polar surface area (TPSA) is 104 Å². The fourth-order valence-electron chi connectivity index (χ4n) is 1.38. The summed E-state index contributed by atoms with van der Waals surface area (Å²) < 4.78 is 5.28. The van der Waals surface area contributed by atoms with Gasteiger partial charge in [0.15, 0.2) is 6.61 Å². The van der Waals surface area contributed by atoms with Gasteiger partial charge < -0.3 is 10.1 Å². The number of nitrogens with zero attached hydrogens (tertiary/aromatic N) is 3. The first kappa shape index (κ1) is 12.6. The summed E-state index contributed by atoms with van der Waals surface area (Å²) in [5, 5.41) is 17.8. The number of carbonyl (C=O) groups is 1. The lowest BCUT2D eigenvalue weighted by Crippen LogP contribution is -2.28. The van der Waals surface area contributed by atoms with Gasteiger partial charge in [0.2, 0.25) is 0 Å². The second kappa shape index (κ2) is 6.16. The van der Waals surface area contributed by atoms with Gasteiger partial charge >= 0.3 is 0 Å². The van der Waals surface area contributed by atoms with E-state index in [2.05, 4.69) is 20.5 Å². The normalized spacial score (nSPS) is 9.63. The second-order valence-electron chi connectivity index (χ2n) is 3.61. The highest BCUT2D eigenvalue weighted by Gasteiger charge is 2.06. The van der Waals surface area contributed by atoms with Crippen LogP contribution >= 0.6 is 0 Å². The van der Waals surface area contributed by atoms with E-state index < -0.39 is 0 Å². The van der Waals surface area contributed by atoms with Crippen molar-refractivity contribution in [1.29, 1.82) is 5.26 Å². The van der Waals surface area contributed by atoms with Crippen LogP contribution in [0.1, 0.15) is 11.4 Å². The Morgan fingerprint density at radius 1 is 1.47 bits per heavy atom. The number of amides is 1. The Morgan fingerprint density at radius 3 is 3.05 bits per heavy atom. The van der Waals surface area contributed by atoms with E-state index >= 15 is 0 Å². The van der Waals surface area contributed by atoms with Crippen LogP contribution in [-0.4, -0.2) is 27.7 Å². The zero-order valence-corrected chi connectivity index (χ0v) is 9.96. The van der Waals surface area contributed by atoms with Crippen molar-refractivity contribution in [2.45, 2.75) is 6.54 Å². The van der Waals surface area contributed by atoms with Crippen LogP contribution in [0.15, 0.2) is 30.6 Å².